The molecule has 0 atom stereocenters. The van der Waals surface area contributed by atoms with Crippen molar-refractivity contribution < 1.29 is 0 Å². The van der Waals surface area contributed by atoms with Gasteiger partial charge in [-0.25, -0.2) is 0 Å². The zero-order valence-corrected chi connectivity index (χ0v) is 12.7. The average Bonchev–Trinajstić information content (AvgIpc) is 2.65. The Labute approximate surface area is 115 Å². The summed E-state index contributed by atoms with van der Waals surface area (Å²) < 4.78 is 0. The maximum atomic E-state index is 3.75. The van der Waals surface area contributed by atoms with Gasteiger partial charge in [0.15, 0.2) is 0 Å². The van der Waals surface area contributed by atoms with Crippen LogP contribution in [0.2, 0.25) is 0 Å². The molecule has 1 heterocycles. The fourth-order valence-corrected chi connectivity index (χ4v) is 4.74. The number of nitrogens with one attached hydrogen (secondary N) is 1. The van der Waals surface area contributed by atoms with Gasteiger partial charge in [-0.2, -0.15) is 0 Å². The number of thiophene rings is 1. The summed E-state index contributed by atoms with van der Waals surface area (Å²) in [6.07, 6.45) is 7.27. The lowest BCUT2D eigenvalue weighted by molar-refractivity contribution is -0.0486. The lowest BCUT2D eigenvalue weighted by Crippen LogP contribution is -2.58. The highest BCUT2D eigenvalue weighted by Crippen LogP contribution is 2.65. The van der Waals surface area contributed by atoms with Crippen molar-refractivity contribution >= 4 is 11.3 Å². The number of hydrogen-bond donors (Lipinski definition) is 1. The van der Waals surface area contributed by atoms with E-state index in [1.165, 1.54) is 32.1 Å². The Hall–Kier alpha value is -0.340. The molecule has 2 aliphatic carbocycles. The predicted octanol–water partition coefficient (Wildman–Crippen LogP) is 4.34. The molecule has 0 bridgehead atoms. The van der Waals surface area contributed by atoms with Crippen molar-refractivity contribution in [1.82, 2.24) is 5.32 Å². The van der Waals surface area contributed by atoms with E-state index in [1.807, 2.05) is 11.3 Å². The van der Waals surface area contributed by atoms with Crippen LogP contribution in [0.25, 0.3) is 0 Å². The second-order valence-corrected chi connectivity index (χ2v) is 8.52. The quantitative estimate of drug-likeness (QED) is 0.855. The molecule has 2 aliphatic rings. The monoisotopic (exact) mass is 263 g/mol. The molecule has 2 saturated carbocycles. The van der Waals surface area contributed by atoms with Crippen LogP contribution in [0, 0.1) is 5.41 Å². The highest BCUT2D eigenvalue weighted by atomic mass is 32.1. The second-order valence-electron chi connectivity index (χ2n) is 7.57. The van der Waals surface area contributed by atoms with E-state index in [4.69, 9.17) is 0 Å². The van der Waals surface area contributed by atoms with E-state index in [2.05, 4.69) is 43.6 Å². The molecule has 0 aliphatic heterocycles. The summed E-state index contributed by atoms with van der Waals surface area (Å²) >= 11 is 1.95. The molecular weight excluding hydrogens is 238 g/mol. The predicted molar refractivity (Wildman–Crippen MR) is 79.3 cm³/mol. The average molecular weight is 263 g/mol. The van der Waals surface area contributed by atoms with Crippen molar-refractivity contribution in [3.63, 3.8) is 0 Å². The fourth-order valence-electron chi connectivity index (χ4n) is 3.82. The van der Waals surface area contributed by atoms with Crippen LogP contribution < -0.4 is 5.32 Å². The summed E-state index contributed by atoms with van der Waals surface area (Å²) in [5.74, 6) is 0. The van der Waals surface area contributed by atoms with Crippen molar-refractivity contribution in [2.75, 3.05) is 6.54 Å². The van der Waals surface area contributed by atoms with E-state index in [-0.39, 0.29) is 5.54 Å². The molecule has 18 heavy (non-hydrogen) atoms. The Kier molecular flexibility index (Phi) is 2.87. The van der Waals surface area contributed by atoms with Crippen LogP contribution >= 0.6 is 11.3 Å². The van der Waals surface area contributed by atoms with Crippen molar-refractivity contribution in [2.24, 2.45) is 5.41 Å². The lowest BCUT2D eigenvalue weighted by Gasteiger charge is -2.61. The van der Waals surface area contributed by atoms with Gasteiger partial charge >= 0.3 is 0 Å². The minimum absolute atomic E-state index is 0.229. The molecule has 1 nitrogen and oxygen atoms in total. The topological polar surface area (TPSA) is 12.0 Å². The molecule has 3 rings (SSSR count). The SMILES string of the molecule is CC(C)(C)NCC1(c2cccs2)CC2(CCC2)C1. The van der Waals surface area contributed by atoms with Crippen molar-refractivity contribution in [2.45, 2.75) is 63.8 Å². The first-order valence-electron chi connectivity index (χ1n) is 7.22. The van der Waals surface area contributed by atoms with Gasteiger partial charge in [-0.15, -0.1) is 11.3 Å². The molecule has 0 aromatic carbocycles. The molecule has 1 aromatic heterocycles. The Morgan fingerprint density at radius 2 is 2.00 bits per heavy atom. The third kappa shape index (κ3) is 2.14. The van der Waals surface area contributed by atoms with Crippen LogP contribution in [0.4, 0.5) is 0 Å². The zero-order valence-electron chi connectivity index (χ0n) is 11.9. The van der Waals surface area contributed by atoms with Crippen LogP contribution in [-0.2, 0) is 5.41 Å². The first kappa shape index (κ1) is 12.7. The van der Waals surface area contributed by atoms with Crippen molar-refractivity contribution in [1.29, 1.82) is 0 Å². The van der Waals surface area contributed by atoms with Gasteiger partial charge in [-0.1, -0.05) is 12.5 Å². The summed E-state index contributed by atoms with van der Waals surface area (Å²) in [5.41, 5.74) is 1.41. The van der Waals surface area contributed by atoms with Gasteiger partial charge in [0.2, 0.25) is 0 Å². The molecule has 0 radical (unpaired) electrons. The summed E-state index contributed by atoms with van der Waals surface area (Å²) in [5, 5.41) is 5.98. The smallest absolute Gasteiger partial charge is 0.0182 e. The maximum Gasteiger partial charge on any atom is 0.0182 e. The van der Waals surface area contributed by atoms with Crippen LogP contribution in [0.15, 0.2) is 17.5 Å². The molecule has 2 fully saturated rings. The van der Waals surface area contributed by atoms with Crippen LogP contribution in [-0.4, -0.2) is 12.1 Å². The third-order valence-electron chi connectivity index (χ3n) is 4.84. The van der Waals surface area contributed by atoms with Crippen LogP contribution in [0.3, 0.4) is 0 Å². The van der Waals surface area contributed by atoms with E-state index in [1.54, 1.807) is 4.88 Å². The Bertz CT molecular complexity index is 401. The summed E-state index contributed by atoms with van der Waals surface area (Å²) in [6.45, 7) is 7.96. The highest BCUT2D eigenvalue weighted by Gasteiger charge is 2.57. The molecule has 0 unspecified atom stereocenters. The maximum absolute atomic E-state index is 3.75. The molecule has 1 aromatic rings. The van der Waals surface area contributed by atoms with Crippen LogP contribution in [0.5, 0.6) is 0 Å². The zero-order chi connectivity index (χ0) is 12.9. The number of hydrogen-bond acceptors (Lipinski definition) is 2. The van der Waals surface area contributed by atoms with Crippen molar-refractivity contribution in [3.05, 3.63) is 22.4 Å². The first-order valence-corrected chi connectivity index (χ1v) is 8.10. The Morgan fingerprint density at radius 3 is 2.44 bits per heavy atom. The van der Waals surface area contributed by atoms with Gasteiger partial charge in [0.05, 0.1) is 0 Å². The summed E-state index contributed by atoms with van der Waals surface area (Å²) in [4.78, 5) is 1.61. The second kappa shape index (κ2) is 4.08. The van der Waals surface area contributed by atoms with Crippen molar-refractivity contribution in [3.8, 4) is 0 Å². The van der Waals surface area contributed by atoms with Gasteiger partial charge in [-0.05, 0) is 63.3 Å². The first-order chi connectivity index (χ1) is 8.43. The standard InChI is InChI=1S/C16H25NS/c1-14(2,3)17-12-16(13-6-4-9-18-13)10-15(11-16)7-5-8-15/h4,6,9,17H,5,7-8,10-12H2,1-3H3. The largest absolute Gasteiger partial charge is 0.311 e. The highest BCUT2D eigenvalue weighted by molar-refractivity contribution is 7.10. The molecular formula is C16H25NS. The van der Waals surface area contributed by atoms with E-state index >= 15 is 0 Å². The van der Waals surface area contributed by atoms with E-state index in [9.17, 15) is 0 Å². The molecule has 0 amide bonds. The minimum Gasteiger partial charge on any atom is -0.311 e. The lowest BCUT2D eigenvalue weighted by atomic mass is 9.45. The van der Waals surface area contributed by atoms with Crippen LogP contribution in [0.1, 0.15) is 57.8 Å². The summed E-state index contributed by atoms with van der Waals surface area (Å²) in [7, 11) is 0. The molecule has 0 saturated heterocycles. The molecule has 100 valence electrons. The van der Waals surface area contributed by atoms with Gasteiger partial charge in [0.1, 0.15) is 0 Å². The van der Waals surface area contributed by atoms with E-state index in [0.29, 0.717) is 5.41 Å². The number of rotatable bonds is 3. The van der Waals surface area contributed by atoms with Gasteiger partial charge in [0.25, 0.3) is 0 Å². The molecule has 1 spiro atoms. The Balaban J connectivity index is 1.74. The van der Waals surface area contributed by atoms with Gasteiger partial charge in [0, 0.05) is 22.4 Å². The summed E-state index contributed by atoms with van der Waals surface area (Å²) in [6, 6.07) is 4.56. The molecule has 1 N–H and O–H groups in total. The minimum atomic E-state index is 0.229. The normalized spacial score (nSPS) is 24.6. The third-order valence-corrected chi connectivity index (χ3v) is 5.96. The fraction of sp³-hybridized carbons (Fsp3) is 0.750. The van der Waals surface area contributed by atoms with E-state index < -0.39 is 0 Å². The van der Waals surface area contributed by atoms with Gasteiger partial charge < -0.3 is 5.32 Å². The van der Waals surface area contributed by atoms with Gasteiger partial charge in [-0.3, -0.25) is 0 Å². The van der Waals surface area contributed by atoms with E-state index in [0.717, 1.165) is 12.0 Å². The Morgan fingerprint density at radius 1 is 1.28 bits per heavy atom. The molecule has 2 heteroatoms.